The molecule has 2 atom stereocenters. The van der Waals surface area contributed by atoms with Crippen LogP contribution in [-0.4, -0.2) is 17.0 Å². The van der Waals surface area contributed by atoms with Gasteiger partial charge in [-0.25, -0.2) is 4.99 Å². The lowest BCUT2D eigenvalue weighted by molar-refractivity contribution is 0.0530. The van der Waals surface area contributed by atoms with Gasteiger partial charge in [-0.2, -0.15) is 0 Å². The third-order valence-corrected chi connectivity index (χ3v) is 3.24. The van der Waals surface area contributed by atoms with Gasteiger partial charge in [0.1, 0.15) is 17.3 Å². The first-order chi connectivity index (χ1) is 7.94. The van der Waals surface area contributed by atoms with Crippen molar-refractivity contribution in [3.8, 4) is 5.75 Å². The van der Waals surface area contributed by atoms with Crippen molar-refractivity contribution in [2.24, 2.45) is 10.7 Å². The number of hydrogen-bond donors (Lipinski definition) is 2. The number of aliphatic hydroxyl groups is 1. The maximum atomic E-state index is 10.2. The van der Waals surface area contributed by atoms with E-state index in [9.17, 15) is 5.11 Å². The molecule has 1 aliphatic heterocycles. The number of ether oxygens (including phenoxy) is 1. The number of rotatable bonds is 2. The zero-order valence-corrected chi connectivity index (χ0v) is 10.4. The highest BCUT2D eigenvalue weighted by atomic mass is 16.5. The van der Waals surface area contributed by atoms with Crippen molar-refractivity contribution in [2.75, 3.05) is 0 Å². The molecule has 0 radical (unpaired) electrons. The first kappa shape index (κ1) is 11.9. The fourth-order valence-corrected chi connectivity index (χ4v) is 1.72. The van der Waals surface area contributed by atoms with Crippen LogP contribution in [0, 0.1) is 0 Å². The summed E-state index contributed by atoms with van der Waals surface area (Å²) in [5.41, 5.74) is 6.42. The molecule has 17 heavy (non-hydrogen) atoms. The molecule has 0 spiro atoms. The van der Waals surface area contributed by atoms with E-state index in [-0.39, 0.29) is 6.10 Å². The molecule has 0 bridgehead atoms. The number of benzene rings is 1. The minimum absolute atomic E-state index is 0.194. The van der Waals surface area contributed by atoms with Crippen molar-refractivity contribution in [2.45, 2.75) is 38.9 Å². The molecule has 4 nitrogen and oxygen atoms in total. The molecule has 3 N–H and O–H groups in total. The highest BCUT2D eigenvalue weighted by Gasteiger charge is 2.24. The molecule has 92 valence electrons. The standard InChI is InChI=1S/C13H18N2O2/c1-4-13(3,16)9-5-6-11-10(7-9)15-12(14)8(2)17-11/h5-8,16H,4H2,1-3H3,(H2,14,15). The van der Waals surface area contributed by atoms with Gasteiger partial charge in [-0.3, -0.25) is 0 Å². The number of aliphatic imine (C=N–C) groups is 1. The van der Waals surface area contributed by atoms with Gasteiger partial charge in [0.15, 0.2) is 6.10 Å². The van der Waals surface area contributed by atoms with E-state index in [4.69, 9.17) is 10.5 Å². The van der Waals surface area contributed by atoms with Crippen molar-refractivity contribution in [3.05, 3.63) is 23.8 Å². The fourth-order valence-electron chi connectivity index (χ4n) is 1.72. The summed E-state index contributed by atoms with van der Waals surface area (Å²) >= 11 is 0. The number of amidine groups is 1. The second-order valence-corrected chi connectivity index (χ2v) is 4.61. The van der Waals surface area contributed by atoms with Gasteiger partial charge in [0, 0.05) is 0 Å². The average molecular weight is 234 g/mol. The molecule has 0 fully saturated rings. The highest BCUT2D eigenvalue weighted by molar-refractivity contribution is 5.89. The van der Waals surface area contributed by atoms with Gasteiger partial charge in [-0.1, -0.05) is 13.0 Å². The molecule has 1 heterocycles. The van der Waals surface area contributed by atoms with E-state index in [1.54, 1.807) is 6.92 Å². The Morgan fingerprint density at radius 2 is 2.24 bits per heavy atom. The smallest absolute Gasteiger partial charge is 0.153 e. The van der Waals surface area contributed by atoms with Crippen LogP contribution in [0.25, 0.3) is 0 Å². The number of nitrogens with zero attached hydrogens (tertiary/aromatic N) is 1. The lowest BCUT2D eigenvalue weighted by Crippen LogP contribution is -2.33. The summed E-state index contributed by atoms with van der Waals surface area (Å²) in [5.74, 6) is 1.17. The lowest BCUT2D eigenvalue weighted by atomic mass is 9.93. The monoisotopic (exact) mass is 234 g/mol. The van der Waals surface area contributed by atoms with Crippen LogP contribution < -0.4 is 10.5 Å². The molecule has 2 unspecified atom stereocenters. The molecule has 2 rings (SSSR count). The summed E-state index contributed by atoms with van der Waals surface area (Å²) < 4.78 is 5.61. The summed E-state index contributed by atoms with van der Waals surface area (Å²) in [7, 11) is 0. The molecule has 0 aromatic heterocycles. The normalized spacial score (nSPS) is 22.1. The van der Waals surface area contributed by atoms with Gasteiger partial charge in [0.2, 0.25) is 0 Å². The molecule has 1 aliphatic rings. The third kappa shape index (κ3) is 2.13. The molecule has 1 aromatic rings. The summed E-state index contributed by atoms with van der Waals surface area (Å²) in [6.45, 7) is 5.58. The Morgan fingerprint density at radius 3 is 2.88 bits per heavy atom. The van der Waals surface area contributed by atoms with Gasteiger partial charge < -0.3 is 15.6 Å². The molecule has 0 aliphatic carbocycles. The van der Waals surface area contributed by atoms with Crippen LogP contribution >= 0.6 is 0 Å². The van der Waals surface area contributed by atoms with E-state index in [1.165, 1.54) is 0 Å². The van der Waals surface area contributed by atoms with Gasteiger partial charge >= 0.3 is 0 Å². The van der Waals surface area contributed by atoms with Crippen LogP contribution in [-0.2, 0) is 5.60 Å². The zero-order chi connectivity index (χ0) is 12.6. The average Bonchev–Trinajstić information content (AvgIpc) is 2.30. The van der Waals surface area contributed by atoms with Crippen LogP contribution in [0.15, 0.2) is 23.2 Å². The Bertz CT molecular complexity index is 466. The number of nitrogens with two attached hydrogens (primary N) is 1. The quantitative estimate of drug-likeness (QED) is 0.823. The zero-order valence-electron chi connectivity index (χ0n) is 10.4. The Morgan fingerprint density at radius 1 is 1.53 bits per heavy atom. The minimum atomic E-state index is -0.845. The third-order valence-electron chi connectivity index (χ3n) is 3.24. The lowest BCUT2D eigenvalue weighted by Gasteiger charge is -2.25. The topological polar surface area (TPSA) is 67.8 Å². The minimum Gasteiger partial charge on any atom is -0.481 e. The van der Waals surface area contributed by atoms with E-state index in [0.717, 1.165) is 5.56 Å². The van der Waals surface area contributed by atoms with Crippen LogP contribution in [0.3, 0.4) is 0 Å². The predicted octanol–water partition coefficient (Wildman–Crippen LogP) is 2.07. The number of fused-ring (bicyclic) bond motifs is 1. The van der Waals surface area contributed by atoms with Crippen molar-refractivity contribution in [1.82, 2.24) is 0 Å². The van der Waals surface area contributed by atoms with E-state index in [2.05, 4.69) is 4.99 Å². The Labute approximate surface area is 101 Å². The predicted molar refractivity (Wildman–Crippen MR) is 67.7 cm³/mol. The Kier molecular flexibility index (Phi) is 2.83. The summed E-state index contributed by atoms with van der Waals surface area (Å²) in [5, 5.41) is 10.2. The summed E-state index contributed by atoms with van der Waals surface area (Å²) in [6.07, 6.45) is 0.447. The van der Waals surface area contributed by atoms with Gasteiger partial charge in [0.05, 0.1) is 5.60 Å². The van der Waals surface area contributed by atoms with E-state index < -0.39 is 5.60 Å². The summed E-state index contributed by atoms with van der Waals surface area (Å²) in [6, 6.07) is 5.53. The number of hydrogen-bond acceptors (Lipinski definition) is 4. The molecule has 1 aromatic carbocycles. The Balaban J connectivity index is 2.44. The molecular weight excluding hydrogens is 216 g/mol. The molecule has 0 saturated carbocycles. The molecular formula is C13H18N2O2. The van der Waals surface area contributed by atoms with Crippen molar-refractivity contribution < 1.29 is 9.84 Å². The van der Waals surface area contributed by atoms with Crippen LogP contribution in [0.5, 0.6) is 5.75 Å². The SMILES string of the molecule is CCC(C)(O)c1ccc2c(c1)N=C(N)C(C)O2. The van der Waals surface area contributed by atoms with Crippen LogP contribution in [0.1, 0.15) is 32.8 Å². The van der Waals surface area contributed by atoms with Crippen LogP contribution in [0.4, 0.5) is 5.69 Å². The second-order valence-electron chi connectivity index (χ2n) is 4.61. The highest BCUT2D eigenvalue weighted by Crippen LogP contribution is 2.36. The molecule has 0 saturated heterocycles. The summed E-state index contributed by atoms with van der Waals surface area (Å²) in [4.78, 5) is 4.29. The molecule has 0 amide bonds. The van der Waals surface area contributed by atoms with Crippen molar-refractivity contribution in [1.29, 1.82) is 0 Å². The van der Waals surface area contributed by atoms with Gasteiger partial charge in [-0.15, -0.1) is 0 Å². The van der Waals surface area contributed by atoms with Crippen LogP contribution in [0.2, 0.25) is 0 Å². The van der Waals surface area contributed by atoms with Crippen molar-refractivity contribution >= 4 is 11.5 Å². The Hall–Kier alpha value is -1.55. The van der Waals surface area contributed by atoms with Gasteiger partial charge in [-0.05, 0) is 38.0 Å². The van der Waals surface area contributed by atoms with E-state index in [0.29, 0.717) is 23.7 Å². The largest absolute Gasteiger partial charge is 0.481 e. The first-order valence-electron chi connectivity index (χ1n) is 5.81. The van der Waals surface area contributed by atoms with E-state index in [1.807, 2.05) is 32.0 Å². The molecule has 4 heteroatoms. The van der Waals surface area contributed by atoms with Crippen molar-refractivity contribution in [3.63, 3.8) is 0 Å². The second kappa shape index (κ2) is 4.04. The maximum Gasteiger partial charge on any atom is 0.153 e. The maximum absolute atomic E-state index is 10.2. The first-order valence-corrected chi connectivity index (χ1v) is 5.81. The fraction of sp³-hybridized carbons (Fsp3) is 0.462. The van der Waals surface area contributed by atoms with Gasteiger partial charge in [0.25, 0.3) is 0 Å². The van der Waals surface area contributed by atoms with E-state index >= 15 is 0 Å².